The van der Waals surface area contributed by atoms with Crippen LogP contribution in [0.25, 0.3) is 0 Å². The van der Waals surface area contributed by atoms with E-state index in [1.165, 1.54) is 5.56 Å². The first-order valence-corrected chi connectivity index (χ1v) is 9.93. The molecule has 1 saturated heterocycles. The summed E-state index contributed by atoms with van der Waals surface area (Å²) in [5.41, 5.74) is 2.22. The Morgan fingerprint density at radius 3 is 2.83 bits per heavy atom. The van der Waals surface area contributed by atoms with Crippen LogP contribution in [-0.4, -0.2) is 42.5 Å². The van der Waals surface area contributed by atoms with E-state index < -0.39 is 9.84 Å². The van der Waals surface area contributed by atoms with Crippen molar-refractivity contribution < 1.29 is 8.42 Å². The van der Waals surface area contributed by atoms with Gasteiger partial charge in [-0.15, -0.1) is 0 Å². The molecular weight excluding hydrogens is 324 g/mol. The molecule has 1 aromatic heterocycles. The Hall–Kier alpha value is -2.15. The van der Waals surface area contributed by atoms with E-state index in [1.807, 2.05) is 17.0 Å². The maximum atomic E-state index is 11.6. The molecule has 1 aromatic carbocycles. The second-order valence-corrected chi connectivity index (χ2v) is 8.30. The van der Waals surface area contributed by atoms with Crippen molar-refractivity contribution in [2.45, 2.75) is 26.3 Å². The lowest BCUT2D eigenvalue weighted by Crippen LogP contribution is -2.23. The summed E-state index contributed by atoms with van der Waals surface area (Å²) in [4.78, 5) is 11.0. The van der Waals surface area contributed by atoms with E-state index in [2.05, 4.69) is 41.3 Å². The summed E-state index contributed by atoms with van der Waals surface area (Å²) >= 11 is 0. The molecule has 1 unspecified atom stereocenters. The number of nitrogens with zero attached hydrogens (tertiary/aromatic N) is 3. The van der Waals surface area contributed by atoms with Crippen LogP contribution in [0.1, 0.15) is 18.9 Å². The molecule has 24 heavy (non-hydrogen) atoms. The van der Waals surface area contributed by atoms with Crippen LogP contribution in [0.3, 0.4) is 0 Å². The van der Waals surface area contributed by atoms with Crippen molar-refractivity contribution in [3.63, 3.8) is 0 Å². The lowest BCUT2D eigenvalue weighted by molar-refractivity contribution is 0.602. The lowest BCUT2D eigenvalue weighted by Gasteiger charge is -2.22. The molecule has 0 radical (unpaired) electrons. The molecule has 1 atom stereocenters. The van der Waals surface area contributed by atoms with E-state index in [4.69, 9.17) is 0 Å². The van der Waals surface area contributed by atoms with Gasteiger partial charge in [-0.05, 0) is 44.0 Å². The average molecular weight is 346 g/mol. The van der Waals surface area contributed by atoms with E-state index in [9.17, 15) is 8.42 Å². The van der Waals surface area contributed by atoms with Crippen molar-refractivity contribution in [2.75, 3.05) is 28.3 Å². The van der Waals surface area contributed by atoms with Gasteiger partial charge in [0, 0.05) is 24.5 Å². The quantitative estimate of drug-likeness (QED) is 0.897. The van der Waals surface area contributed by atoms with Crippen LogP contribution < -0.4 is 10.2 Å². The topological polar surface area (TPSA) is 75.2 Å². The molecule has 128 valence electrons. The summed E-state index contributed by atoms with van der Waals surface area (Å²) in [5, 5.41) is 3.22. The fraction of sp³-hybridized carbons (Fsp3) is 0.412. The Morgan fingerprint density at radius 2 is 2.17 bits per heavy atom. The van der Waals surface area contributed by atoms with Gasteiger partial charge in [0.05, 0.1) is 11.5 Å². The molecule has 0 saturated carbocycles. The molecule has 7 heteroatoms. The van der Waals surface area contributed by atoms with Gasteiger partial charge in [0.2, 0.25) is 5.95 Å². The highest BCUT2D eigenvalue weighted by Crippen LogP contribution is 2.24. The van der Waals surface area contributed by atoms with Crippen molar-refractivity contribution in [3.8, 4) is 0 Å². The molecule has 1 N–H and O–H groups in total. The Balaban J connectivity index is 1.81. The Labute approximate surface area is 142 Å². The number of hydrogen-bond donors (Lipinski definition) is 1. The Morgan fingerprint density at radius 1 is 1.33 bits per heavy atom. The van der Waals surface area contributed by atoms with Crippen molar-refractivity contribution in [3.05, 3.63) is 42.1 Å². The van der Waals surface area contributed by atoms with Crippen molar-refractivity contribution in [1.29, 1.82) is 0 Å². The van der Waals surface area contributed by atoms with Gasteiger partial charge in [-0.3, -0.25) is 0 Å². The first-order valence-electron chi connectivity index (χ1n) is 8.11. The molecule has 0 spiro atoms. The van der Waals surface area contributed by atoms with E-state index in [0.717, 1.165) is 12.2 Å². The average Bonchev–Trinajstić information content (AvgIpc) is 2.87. The molecule has 1 aliphatic rings. The minimum Gasteiger partial charge on any atom is -0.366 e. The van der Waals surface area contributed by atoms with Gasteiger partial charge in [0.25, 0.3) is 0 Å². The highest BCUT2D eigenvalue weighted by atomic mass is 32.2. The van der Waals surface area contributed by atoms with Gasteiger partial charge in [-0.2, -0.15) is 4.98 Å². The number of benzene rings is 1. The fourth-order valence-corrected chi connectivity index (χ4v) is 4.59. The van der Waals surface area contributed by atoms with Crippen LogP contribution in [0.2, 0.25) is 0 Å². The highest BCUT2D eigenvalue weighted by Gasteiger charge is 2.28. The third-order valence-corrected chi connectivity index (χ3v) is 5.87. The van der Waals surface area contributed by atoms with Crippen LogP contribution in [0.4, 0.5) is 17.5 Å². The fourth-order valence-electron chi connectivity index (χ4n) is 2.91. The molecule has 3 rings (SSSR count). The summed E-state index contributed by atoms with van der Waals surface area (Å²) in [6.07, 6.45) is 2.32. The largest absolute Gasteiger partial charge is 0.366 e. The highest BCUT2D eigenvalue weighted by molar-refractivity contribution is 7.91. The molecule has 1 fully saturated rings. The summed E-state index contributed by atoms with van der Waals surface area (Å²) < 4.78 is 23.2. The number of anilines is 3. The Bertz CT molecular complexity index is 823. The second kappa shape index (κ2) is 6.76. The van der Waals surface area contributed by atoms with Gasteiger partial charge < -0.3 is 10.2 Å². The van der Waals surface area contributed by atoms with E-state index in [0.29, 0.717) is 18.2 Å². The molecule has 2 aromatic rings. The van der Waals surface area contributed by atoms with Gasteiger partial charge >= 0.3 is 0 Å². The zero-order valence-electron chi connectivity index (χ0n) is 13.9. The molecular formula is C17H22N4O2S. The summed E-state index contributed by atoms with van der Waals surface area (Å²) in [6.45, 7) is 4.84. The van der Waals surface area contributed by atoms with E-state index >= 15 is 0 Å². The Kier molecular flexibility index (Phi) is 4.71. The minimum atomic E-state index is -2.91. The molecule has 1 aliphatic heterocycles. The first-order chi connectivity index (χ1) is 11.5. The van der Waals surface area contributed by atoms with Crippen LogP contribution in [0, 0.1) is 6.92 Å². The molecule has 0 amide bonds. The number of hydrogen-bond acceptors (Lipinski definition) is 6. The van der Waals surface area contributed by atoms with E-state index in [-0.39, 0.29) is 17.5 Å². The smallest absolute Gasteiger partial charge is 0.231 e. The van der Waals surface area contributed by atoms with Gasteiger partial charge in [-0.1, -0.05) is 12.1 Å². The standard InChI is InChI=1S/C17H22N4O2S/c1-3-21(15-6-4-5-13(2)11-15)17-18-9-7-16(20-17)19-14-8-10-24(22,23)12-14/h4-7,9,11,14H,3,8,10,12H2,1-2H3,(H,18,19,20). The van der Waals surface area contributed by atoms with Crippen molar-refractivity contribution in [2.24, 2.45) is 0 Å². The maximum absolute atomic E-state index is 11.6. The summed E-state index contributed by atoms with van der Waals surface area (Å²) in [7, 11) is -2.91. The van der Waals surface area contributed by atoms with Gasteiger partial charge in [0.15, 0.2) is 9.84 Å². The second-order valence-electron chi connectivity index (χ2n) is 6.07. The van der Waals surface area contributed by atoms with Crippen molar-refractivity contribution in [1.82, 2.24) is 9.97 Å². The number of aryl methyl sites for hydroxylation is 1. The predicted molar refractivity (Wildman–Crippen MR) is 96.6 cm³/mol. The number of nitrogens with one attached hydrogen (secondary N) is 1. The van der Waals surface area contributed by atoms with Crippen LogP contribution in [-0.2, 0) is 9.84 Å². The molecule has 0 aliphatic carbocycles. The minimum absolute atomic E-state index is 0.0770. The zero-order chi connectivity index (χ0) is 17.2. The third-order valence-electron chi connectivity index (χ3n) is 4.10. The van der Waals surface area contributed by atoms with Crippen molar-refractivity contribution >= 4 is 27.3 Å². The van der Waals surface area contributed by atoms with Gasteiger partial charge in [0.1, 0.15) is 5.82 Å². The lowest BCUT2D eigenvalue weighted by atomic mass is 10.2. The normalized spacial score (nSPS) is 19.2. The monoisotopic (exact) mass is 346 g/mol. The summed E-state index contributed by atoms with van der Waals surface area (Å²) in [5.74, 6) is 1.68. The number of aromatic nitrogens is 2. The number of rotatable bonds is 5. The van der Waals surface area contributed by atoms with Crippen LogP contribution >= 0.6 is 0 Å². The van der Waals surface area contributed by atoms with Gasteiger partial charge in [-0.25, -0.2) is 13.4 Å². The molecule has 6 nitrogen and oxygen atoms in total. The molecule has 0 bridgehead atoms. The zero-order valence-corrected chi connectivity index (χ0v) is 14.8. The predicted octanol–water partition coefficient (Wildman–Crippen LogP) is 2.54. The third kappa shape index (κ3) is 3.84. The first kappa shape index (κ1) is 16.7. The van der Waals surface area contributed by atoms with E-state index in [1.54, 1.807) is 12.3 Å². The SMILES string of the molecule is CCN(c1cccc(C)c1)c1nccc(NC2CCS(=O)(=O)C2)n1. The van der Waals surface area contributed by atoms with Crippen LogP contribution in [0.15, 0.2) is 36.5 Å². The number of sulfone groups is 1. The molecule has 2 heterocycles. The van der Waals surface area contributed by atoms with Crippen LogP contribution in [0.5, 0.6) is 0 Å². The summed E-state index contributed by atoms with van der Waals surface area (Å²) in [6, 6.07) is 9.89. The maximum Gasteiger partial charge on any atom is 0.231 e.